The Kier molecular flexibility index (Phi) is 7.08. The molecule has 3 N–H and O–H groups in total. The lowest BCUT2D eigenvalue weighted by molar-refractivity contribution is 0.173. The smallest absolute Gasteiger partial charge is 0.147 e. The van der Waals surface area contributed by atoms with Crippen LogP contribution in [0.3, 0.4) is 0 Å². The fourth-order valence-electron chi connectivity index (χ4n) is 3.85. The first kappa shape index (κ1) is 19.4. The van der Waals surface area contributed by atoms with Gasteiger partial charge in [0.15, 0.2) is 0 Å². The zero-order valence-corrected chi connectivity index (χ0v) is 16.1. The average Bonchev–Trinajstić information content (AvgIpc) is 2.67. The molecule has 1 fully saturated rings. The first-order valence-corrected chi connectivity index (χ1v) is 9.92. The molecule has 5 nitrogen and oxygen atoms in total. The number of nitrogens with one attached hydrogen (secondary N) is 2. The molecule has 26 heavy (non-hydrogen) atoms. The van der Waals surface area contributed by atoms with Crippen LogP contribution in [0.4, 0.5) is 5.69 Å². The fraction of sp³-hybridized carbons (Fsp3) is 0.619. The van der Waals surface area contributed by atoms with Crippen LogP contribution in [0.2, 0.25) is 0 Å². The largest absolute Gasteiger partial charge is 0.383 e. The van der Waals surface area contributed by atoms with E-state index in [1.165, 1.54) is 37.1 Å². The van der Waals surface area contributed by atoms with E-state index in [4.69, 9.17) is 4.74 Å². The van der Waals surface area contributed by atoms with Gasteiger partial charge in [0.2, 0.25) is 0 Å². The summed E-state index contributed by atoms with van der Waals surface area (Å²) in [5.74, 6) is 0. The number of rotatable bonds is 8. The molecule has 0 spiro atoms. The van der Waals surface area contributed by atoms with Gasteiger partial charge in [0.1, 0.15) is 6.23 Å². The summed E-state index contributed by atoms with van der Waals surface area (Å²) in [5, 5.41) is 16.8. The molecule has 1 aromatic rings. The number of aliphatic hydroxyl groups excluding tert-OH is 1. The maximum absolute atomic E-state index is 10.0. The van der Waals surface area contributed by atoms with Crippen LogP contribution in [0, 0.1) is 0 Å². The number of piperidine rings is 1. The molecule has 3 rings (SSSR count). The van der Waals surface area contributed by atoms with E-state index in [-0.39, 0.29) is 0 Å². The normalized spacial score (nSPS) is 21.2. The average molecular weight is 360 g/mol. The summed E-state index contributed by atoms with van der Waals surface area (Å²) in [4.78, 5) is 2.57. The second-order valence-corrected chi connectivity index (χ2v) is 7.35. The lowest BCUT2D eigenvalue weighted by Crippen LogP contribution is -2.43. The molecular formula is C21H33N3O2. The third-order valence-electron chi connectivity index (χ3n) is 5.55. The molecule has 2 aliphatic heterocycles. The van der Waals surface area contributed by atoms with Crippen molar-refractivity contribution in [2.24, 2.45) is 0 Å². The van der Waals surface area contributed by atoms with Gasteiger partial charge in [0, 0.05) is 31.9 Å². The number of methoxy groups -OCH3 is 1. The van der Waals surface area contributed by atoms with E-state index in [9.17, 15) is 5.11 Å². The summed E-state index contributed by atoms with van der Waals surface area (Å²) in [5.41, 5.74) is 4.65. The van der Waals surface area contributed by atoms with E-state index in [1.54, 1.807) is 7.11 Å². The van der Waals surface area contributed by atoms with Crippen molar-refractivity contribution in [2.75, 3.05) is 45.2 Å². The lowest BCUT2D eigenvalue weighted by Gasteiger charge is -2.32. The molecule has 0 unspecified atom stereocenters. The minimum absolute atomic E-state index is 0.544. The van der Waals surface area contributed by atoms with Crippen molar-refractivity contribution in [3.63, 3.8) is 0 Å². The van der Waals surface area contributed by atoms with E-state index >= 15 is 0 Å². The second-order valence-electron chi connectivity index (χ2n) is 7.35. The minimum atomic E-state index is -0.544. The van der Waals surface area contributed by atoms with Crippen molar-refractivity contribution in [1.82, 2.24) is 10.2 Å². The molecule has 2 aliphatic rings. The third kappa shape index (κ3) is 5.07. The van der Waals surface area contributed by atoms with Gasteiger partial charge in [-0.05, 0) is 73.7 Å². The van der Waals surface area contributed by atoms with Gasteiger partial charge in [-0.2, -0.15) is 0 Å². The van der Waals surface area contributed by atoms with Crippen molar-refractivity contribution in [1.29, 1.82) is 0 Å². The highest BCUT2D eigenvalue weighted by Gasteiger charge is 2.19. The molecule has 0 aromatic heterocycles. The maximum Gasteiger partial charge on any atom is 0.147 e. The second kappa shape index (κ2) is 9.51. The predicted octanol–water partition coefficient (Wildman–Crippen LogP) is 2.47. The van der Waals surface area contributed by atoms with Crippen LogP contribution in [0.1, 0.15) is 37.3 Å². The Morgan fingerprint density at radius 2 is 2.12 bits per heavy atom. The maximum atomic E-state index is 10.0. The summed E-state index contributed by atoms with van der Waals surface area (Å²) in [6, 6.07) is 7.19. The molecule has 0 saturated carbocycles. The topological polar surface area (TPSA) is 56.8 Å². The van der Waals surface area contributed by atoms with E-state index in [0.717, 1.165) is 43.8 Å². The Balaban J connectivity index is 1.47. The number of benzene rings is 1. The van der Waals surface area contributed by atoms with Crippen molar-refractivity contribution in [3.05, 3.63) is 34.9 Å². The molecule has 1 aromatic carbocycles. The van der Waals surface area contributed by atoms with Crippen molar-refractivity contribution in [2.45, 2.75) is 44.9 Å². The number of nitrogens with zero attached hydrogens (tertiary/aromatic N) is 1. The van der Waals surface area contributed by atoms with Gasteiger partial charge < -0.3 is 25.4 Å². The minimum Gasteiger partial charge on any atom is -0.383 e. The molecule has 144 valence electrons. The molecule has 5 heteroatoms. The number of fused-ring (bicyclic) bond motifs is 1. The molecule has 1 atom stereocenters. The summed E-state index contributed by atoms with van der Waals surface area (Å²) in [6.45, 7) is 7.28. The summed E-state index contributed by atoms with van der Waals surface area (Å²) < 4.78 is 5.11. The van der Waals surface area contributed by atoms with Gasteiger partial charge in [0.05, 0.1) is 6.61 Å². The molecule has 0 radical (unpaired) electrons. The SMILES string of the molecule is CCC1=Cc2cc(CCN3CCC(NCCOC)CC3)ccc2N[C@@H]1O. The highest BCUT2D eigenvalue weighted by atomic mass is 16.5. The van der Waals surface area contributed by atoms with Crippen LogP contribution in [0.15, 0.2) is 23.8 Å². The van der Waals surface area contributed by atoms with E-state index in [1.807, 2.05) is 0 Å². The quantitative estimate of drug-likeness (QED) is 0.623. The number of anilines is 1. The van der Waals surface area contributed by atoms with Crippen LogP contribution >= 0.6 is 0 Å². The first-order chi connectivity index (χ1) is 12.7. The number of hydrogen-bond donors (Lipinski definition) is 3. The molecular weight excluding hydrogens is 326 g/mol. The Labute approximate surface area is 157 Å². The van der Waals surface area contributed by atoms with Crippen molar-refractivity contribution >= 4 is 11.8 Å². The highest BCUT2D eigenvalue weighted by Crippen LogP contribution is 2.28. The number of likely N-dealkylation sites (tertiary alicyclic amines) is 1. The van der Waals surface area contributed by atoms with Crippen LogP contribution in [-0.4, -0.2) is 62.2 Å². The summed E-state index contributed by atoms with van der Waals surface area (Å²) in [7, 11) is 1.75. The van der Waals surface area contributed by atoms with E-state index in [2.05, 4.69) is 46.7 Å². The number of aliphatic hydroxyl groups is 1. The standard InChI is InChI=1S/C21H33N3O2/c1-3-17-15-18-14-16(4-5-20(18)23-21(17)25)6-10-24-11-7-19(8-12-24)22-9-13-26-2/h4-5,14-15,19,21-23,25H,3,6-13H2,1-2H3/t21-/m1/s1. The zero-order valence-electron chi connectivity index (χ0n) is 16.1. The Morgan fingerprint density at radius 3 is 2.85 bits per heavy atom. The van der Waals surface area contributed by atoms with Crippen molar-refractivity contribution < 1.29 is 9.84 Å². The van der Waals surface area contributed by atoms with Crippen LogP contribution in [0.25, 0.3) is 6.08 Å². The highest BCUT2D eigenvalue weighted by molar-refractivity contribution is 5.73. The Bertz CT molecular complexity index is 609. The third-order valence-corrected chi connectivity index (χ3v) is 5.55. The predicted molar refractivity (Wildman–Crippen MR) is 107 cm³/mol. The van der Waals surface area contributed by atoms with Crippen molar-refractivity contribution in [3.8, 4) is 0 Å². The number of hydrogen-bond acceptors (Lipinski definition) is 5. The molecule has 0 bridgehead atoms. The molecule has 2 heterocycles. The van der Waals surface area contributed by atoms with E-state index in [0.29, 0.717) is 6.04 Å². The van der Waals surface area contributed by atoms with Gasteiger partial charge in [-0.25, -0.2) is 0 Å². The molecule has 0 amide bonds. The van der Waals surface area contributed by atoms with Gasteiger partial charge in [-0.3, -0.25) is 0 Å². The summed E-state index contributed by atoms with van der Waals surface area (Å²) >= 11 is 0. The van der Waals surface area contributed by atoms with E-state index < -0.39 is 6.23 Å². The molecule has 0 aliphatic carbocycles. The van der Waals surface area contributed by atoms with Crippen LogP contribution in [0.5, 0.6) is 0 Å². The van der Waals surface area contributed by atoms with Gasteiger partial charge in [-0.1, -0.05) is 13.0 Å². The first-order valence-electron chi connectivity index (χ1n) is 9.92. The van der Waals surface area contributed by atoms with Crippen LogP contribution in [-0.2, 0) is 11.2 Å². The lowest BCUT2D eigenvalue weighted by atomic mass is 9.98. The number of ether oxygens (including phenoxy) is 1. The van der Waals surface area contributed by atoms with Gasteiger partial charge in [-0.15, -0.1) is 0 Å². The Hall–Kier alpha value is -1.40. The Morgan fingerprint density at radius 1 is 1.31 bits per heavy atom. The van der Waals surface area contributed by atoms with Gasteiger partial charge >= 0.3 is 0 Å². The zero-order chi connectivity index (χ0) is 18.4. The molecule has 1 saturated heterocycles. The van der Waals surface area contributed by atoms with Crippen LogP contribution < -0.4 is 10.6 Å². The summed E-state index contributed by atoms with van der Waals surface area (Å²) in [6.07, 6.45) is 5.98. The fourth-order valence-corrected chi connectivity index (χ4v) is 3.85. The van der Waals surface area contributed by atoms with Gasteiger partial charge in [0.25, 0.3) is 0 Å². The monoisotopic (exact) mass is 359 g/mol.